The van der Waals surface area contributed by atoms with Crippen molar-refractivity contribution in [2.45, 2.75) is 19.5 Å². The van der Waals surface area contributed by atoms with Crippen LogP contribution >= 0.6 is 11.6 Å². The number of carbonyl (C=O) groups is 1. The van der Waals surface area contributed by atoms with E-state index >= 15 is 0 Å². The van der Waals surface area contributed by atoms with Crippen LogP contribution in [0.1, 0.15) is 12.5 Å². The standard InChI is InChI=1S/C18H20ClFN2O2/c1-12(18(23)21-13-7-9-14(24-3)10-8-13)22(2)11-15-16(19)5-4-6-17(15)20/h4-10,12H,11H2,1-3H3,(H,21,23). The van der Waals surface area contributed by atoms with Gasteiger partial charge in [-0.2, -0.15) is 0 Å². The monoisotopic (exact) mass is 350 g/mol. The molecule has 2 aromatic rings. The number of rotatable bonds is 6. The summed E-state index contributed by atoms with van der Waals surface area (Å²) in [6, 6.07) is 11.2. The van der Waals surface area contributed by atoms with Gasteiger partial charge in [0, 0.05) is 22.8 Å². The number of amides is 1. The van der Waals surface area contributed by atoms with Gasteiger partial charge in [0.05, 0.1) is 13.2 Å². The summed E-state index contributed by atoms with van der Waals surface area (Å²) in [5.41, 5.74) is 1.05. The molecule has 1 unspecified atom stereocenters. The molecular formula is C18H20ClFN2O2. The summed E-state index contributed by atoms with van der Waals surface area (Å²) in [6.07, 6.45) is 0. The smallest absolute Gasteiger partial charge is 0.241 e. The highest BCUT2D eigenvalue weighted by atomic mass is 35.5. The highest BCUT2D eigenvalue weighted by Crippen LogP contribution is 2.21. The number of benzene rings is 2. The lowest BCUT2D eigenvalue weighted by molar-refractivity contribution is -0.120. The predicted octanol–water partition coefficient (Wildman–Crippen LogP) is 3.95. The van der Waals surface area contributed by atoms with Gasteiger partial charge >= 0.3 is 0 Å². The van der Waals surface area contributed by atoms with Gasteiger partial charge in [0.15, 0.2) is 0 Å². The van der Waals surface area contributed by atoms with Gasteiger partial charge in [0.25, 0.3) is 0 Å². The minimum atomic E-state index is -0.456. The Bertz CT molecular complexity index is 686. The molecule has 128 valence electrons. The normalized spacial score (nSPS) is 12.1. The van der Waals surface area contributed by atoms with Crippen LogP contribution in [-0.2, 0) is 11.3 Å². The lowest BCUT2D eigenvalue weighted by Gasteiger charge is -2.24. The summed E-state index contributed by atoms with van der Waals surface area (Å²) in [6.45, 7) is 2.00. The van der Waals surface area contributed by atoms with Crippen molar-refractivity contribution in [3.8, 4) is 5.75 Å². The molecule has 0 aliphatic heterocycles. The van der Waals surface area contributed by atoms with Gasteiger partial charge in [-0.1, -0.05) is 17.7 Å². The first kappa shape index (κ1) is 18.2. The zero-order valence-corrected chi connectivity index (χ0v) is 14.6. The number of nitrogens with one attached hydrogen (secondary N) is 1. The average molecular weight is 351 g/mol. The summed E-state index contributed by atoms with van der Waals surface area (Å²) >= 11 is 6.04. The third-order valence-corrected chi connectivity index (χ3v) is 4.22. The number of carbonyl (C=O) groups excluding carboxylic acids is 1. The number of hydrogen-bond donors (Lipinski definition) is 1. The zero-order chi connectivity index (χ0) is 17.7. The van der Waals surface area contributed by atoms with E-state index in [9.17, 15) is 9.18 Å². The quantitative estimate of drug-likeness (QED) is 0.857. The third-order valence-electron chi connectivity index (χ3n) is 3.87. The van der Waals surface area contributed by atoms with E-state index in [4.69, 9.17) is 16.3 Å². The number of halogens is 2. The van der Waals surface area contributed by atoms with Crippen molar-refractivity contribution < 1.29 is 13.9 Å². The van der Waals surface area contributed by atoms with Gasteiger partial charge in [-0.25, -0.2) is 4.39 Å². The van der Waals surface area contributed by atoms with Crippen molar-refractivity contribution in [2.24, 2.45) is 0 Å². The Morgan fingerprint density at radius 1 is 1.29 bits per heavy atom. The van der Waals surface area contributed by atoms with Crippen molar-refractivity contribution in [2.75, 3.05) is 19.5 Å². The molecule has 1 amide bonds. The highest BCUT2D eigenvalue weighted by molar-refractivity contribution is 6.31. The first-order valence-electron chi connectivity index (χ1n) is 7.50. The molecule has 0 aliphatic rings. The molecule has 2 aromatic carbocycles. The second kappa shape index (κ2) is 8.13. The molecule has 0 heterocycles. The summed E-state index contributed by atoms with van der Waals surface area (Å²) in [4.78, 5) is 14.1. The number of hydrogen-bond acceptors (Lipinski definition) is 3. The van der Waals surface area contributed by atoms with Crippen LogP contribution in [-0.4, -0.2) is 31.0 Å². The van der Waals surface area contributed by atoms with Crippen LogP contribution in [0.15, 0.2) is 42.5 Å². The van der Waals surface area contributed by atoms with E-state index in [-0.39, 0.29) is 18.3 Å². The lowest BCUT2D eigenvalue weighted by Crippen LogP contribution is -2.39. The number of ether oxygens (including phenoxy) is 1. The average Bonchev–Trinajstić information content (AvgIpc) is 2.58. The molecule has 1 atom stereocenters. The van der Waals surface area contributed by atoms with E-state index in [1.165, 1.54) is 6.07 Å². The van der Waals surface area contributed by atoms with E-state index in [1.54, 1.807) is 62.4 Å². The van der Waals surface area contributed by atoms with E-state index in [2.05, 4.69) is 5.32 Å². The Hall–Kier alpha value is -2.11. The molecule has 0 bridgehead atoms. The summed E-state index contributed by atoms with van der Waals surface area (Å²) in [7, 11) is 3.33. The van der Waals surface area contributed by atoms with Crippen molar-refractivity contribution in [1.29, 1.82) is 0 Å². The first-order chi connectivity index (χ1) is 11.4. The Morgan fingerprint density at radius 3 is 2.54 bits per heavy atom. The molecule has 2 rings (SSSR count). The summed E-state index contributed by atoms with van der Waals surface area (Å²) in [5, 5.41) is 3.18. The maximum absolute atomic E-state index is 13.9. The summed E-state index contributed by atoms with van der Waals surface area (Å²) in [5.74, 6) is 0.152. The summed E-state index contributed by atoms with van der Waals surface area (Å²) < 4.78 is 18.9. The lowest BCUT2D eigenvalue weighted by atomic mass is 10.1. The van der Waals surface area contributed by atoms with Crippen LogP contribution < -0.4 is 10.1 Å². The van der Waals surface area contributed by atoms with Crippen LogP contribution in [0.25, 0.3) is 0 Å². The fourth-order valence-corrected chi connectivity index (χ4v) is 2.41. The van der Waals surface area contributed by atoms with Gasteiger partial charge < -0.3 is 10.1 Å². The third kappa shape index (κ3) is 4.46. The Morgan fingerprint density at radius 2 is 1.96 bits per heavy atom. The highest BCUT2D eigenvalue weighted by Gasteiger charge is 2.20. The van der Waals surface area contributed by atoms with E-state index in [0.29, 0.717) is 22.0 Å². The zero-order valence-electron chi connectivity index (χ0n) is 13.8. The topological polar surface area (TPSA) is 41.6 Å². The van der Waals surface area contributed by atoms with Gasteiger partial charge in [-0.15, -0.1) is 0 Å². The minimum Gasteiger partial charge on any atom is -0.497 e. The molecule has 0 fully saturated rings. The predicted molar refractivity (Wildman–Crippen MR) is 94.0 cm³/mol. The van der Waals surface area contributed by atoms with Gasteiger partial charge in [-0.3, -0.25) is 9.69 Å². The minimum absolute atomic E-state index is 0.185. The maximum atomic E-state index is 13.9. The van der Waals surface area contributed by atoms with Crippen LogP contribution in [0.3, 0.4) is 0 Å². The largest absolute Gasteiger partial charge is 0.497 e. The molecule has 0 saturated heterocycles. The molecule has 1 N–H and O–H groups in total. The number of methoxy groups -OCH3 is 1. The van der Waals surface area contributed by atoms with Crippen molar-refractivity contribution >= 4 is 23.2 Å². The number of nitrogens with zero attached hydrogens (tertiary/aromatic N) is 1. The Kier molecular flexibility index (Phi) is 6.17. The molecule has 24 heavy (non-hydrogen) atoms. The fourth-order valence-electron chi connectivity index (χ4n) is 2.19. The molecule has 0 aliphatic carbocycles. The van der Waals surface area contributed by atoms with Crippen LogP contribution in [0.4, 0.5) is 10.1 Å². The second-order valence-corrected chi connectivity index (χ2v) is 5.92. The number of anilines is 1. The van der Waals surface area contributed by atoms with Crippen LogP contribution in [0.5, 0.6) is 5.75 Å². The molecule has 0 saturated carbocycles. The van der Waals surface area contributed by atoms with E-state index < -0.39 is 6.04 Å². The van der Waals surface area contributed by atoms with Crippen LogP contribution in [0.2, 0.25) is 5.02 Å². The molecule has 0 aromatic heterocycles. The molecular weight excluding hydrogens is 331 g/mol. The first-order valence-corrected chi connectivity index (χ1v) is 7.88. The Balaban J connectivity index is 2.01. The molecule has 0 spiro atoms. The van der Waals surface area contributed by atoms with Gasteiger partial charge in [-0.05, 0) is 50.4 Å². The molecule has 4 nitrogen and oxygen atoms in total. The van der Waals surface area contributed by atoms with Crippen molar-refractivity contribution in [1.82, 2.24) is 4.90 Å². The van der Waals surface area contributed by atoms with Crippen molar-refractivity contribution in [3.63, 3.8) is 0 Å². The second-order valence-electron chi connectivity index (χ2n) is 5.51. The maximum Gasteiger partial charge on any atom is 0.241 e. The van der Waals surface area contributed by atoms with Gasteiger partial charge in [0.2, 0.25) is 5.91 Å². The van der Waals surface area contributed by atoms with Gasteiger partial charge in [0.1, 0.15) is 11.6 Å². The van der Waals surface area contributed by atoms with Crippen LogP contribution in [0, 0.1) is 5.82 Å². The van der Waals surface area contributed by atoms with Crippen molar-refractivity contribution in [3.05, 3.63) is 58.9 Å². The van der Waals surface area contributed by atoms with E-state index in [0.717, 1.165) is 0 Å². The Labute approximate surface area is 146 Å². The molecule has 0 radical (unpaired) electrons. The molecule has 6 heteroatoms. The SMILES string of the molecule is COc1ccc(NC(=O)C(C)N(C)Cc2c(F)cccc2Cl)cc1. The fraction of sp³-hybridized carbons (Fsp3) is 0.278. The van der Waals surface area contributed by atoms with E-state index in [1.807, 2.05) is 0 Å². The number of likely N-dealkylation sites (N-methyl/N-ethyl adjacent to an activating group) is 1.